The second kappa shape index (κ2) is 16.1. The van der Waals surface area contributed by atoms with E-state index in [1.165, 1.54) is 54.8 Å². The van der Waals surface area contributed by atoms with Crippen molar-refractivity contribution < 1.29 is 36.8 Å². The molecule has 5 fully saturated rings. The van der Waals surface area contributed by atoms with Gasteiger partial charge in [0.15, 0.2) is 0 Å². The Morgan fingerprint density at radius 3 is 2.53 bits per heavy atom. The quantitative estimate of drug-likeness (QED) is 0.0542. The van der Waals surface area contributed by atoms with Gasteiger partial charge in [-0.25, -0.2) is 26.9 Å². The lowest BCUT2D eigenvalue weighted by Crippen LogP contribution is -2.47. The van der Waals surface area contributed by atoms with Crippen LogP contribution in [0.5, 0.6) is 11.5 Å². The van der Waals surface area contributed by atoms with Gasteiger partial charge in [-0.1, -0.05) is 17.6 Å². The van der Waals surface area contributed by atoms with Gasteiger partial charge in [0.1, 0.15) is 22.8 Å². The maximum absolute atomic E-state index is 14.0. The molecular weight excluding hydrogens is 845 g/mol. The number of hydrogen-bond acceptors (Lipinski definition) is 11. The van der Waals surface area contributed by atoms with Crippen LogP contribution < -0.4 is 19.7 Å². The molecule has 10 rings (SSSR count). The van der Waals surface area contributed by atoms with E-state index in [0.717, 1.165) is 75.3 Å². The van der Waals surface area contributed by atoms with E-state index in [4.69, 9.17) is 4.74 Å². The zero-order valence-corrected chi connectivity index (χ0v) is 36.8. The van der Waals surface area contributed by atoms with Crippen LogP contribution in [0.3, 0.4) is 0 Å². The number of aromatic nitrogens is 2. The molecule has 0 bridgehead atoms. The predicted molar refractivity (Wildman–Crippen MR) is 237 cm³/mol. The summed E-state index contributed by atoms with van der Waals surface area (Å²) in [5.41, 5.74) is 3.18. The number of fused-ring (bicyclic) bond motifs is 2. The summed E-state index contributed by atoms with van der Waals surface area (Å²) in [7, 11) is -4.60. The van der Waals surface area contributed by atoms with Crippen LogP contribution in [0.15, 0.2) is 77.0 Å². The van der Waals surface area contributed by atoms with Crippen molar-refractivity contribution in [2.24, 2.45) is 28.6 Å². The normalized spacial score (nSPS) is 27.6. The lowest BCUT2D eigenvalue weighted by molar-refractivity contribution is -0.384. The summed E-state index contributed by atoms with van der Waals surface area (Å²) in [6.45, 7) is 5.87. The smallest absolute Gasteiger partial charge is 0.293 e. The molecule has 5 aliphatic carbocycles. The number of pyridine rings is 1. The number of benzene rings is 2. The van der Waals surface area contributed by atoms with E-state index in [2.05, 4.69) is 29.8 Å². The maximum Gasteiger partial charge on any atom is 0.293 e. The van der Waals surface area contributed by atoms with Crippen molar-refractivity contribution in [3.05, 3.63) is 87.7 Å². The molecule has 4 saturated carbocycles. The molecule has 64 heavy (non-hydrogen) atoms. The second-order valence-electron chi connectivity index (χ2n) is 19.6. The number of alkyl halides is 2. The Kier molecular flexibility index (Phi) is 10.8. The van der Waals surface area contributed by atoms with E-state index in [-0.39, 0.29) is 34.3 Å². The lowest BCUT2D eigenvalue weighted by Gasteiger charge is -2.48. The average Bonchev–Trinajstić information content (AvgIpc) is 4.08. The third kappa shape index (κ3) is 8.12. The van der Waals surface area contributed by atoms with E-state index >= 15 is 0 Å². The number of hydrogen-bond donors (Lipinski definition) is 4. The highest BCUT2D eigenvalue weighted by molar-refractivity contribution is 7.90. The number of aromatic amines is 1. The number of nitro groups is 1. The molecule has 2 aromatic heterocycles. The minimum atomic E-state index is -4.60. The zero-order valence-electron chi connectivity index (χ0n) is 36.0. The maximum atomic E-state index is 14.0. The van der Waals surface area contributed by atoms with Gasteiger partial charge in [0, 0.05) is 80.0 Å². The van der Waals surface area contributed by atoms with E-state index < -0.39 is 49.4 Å². The van der Waals surface area contributed by atoms with Crippen LogP contribution in [-0.4, -0.2) is 90.5 Å². The molecular formula is C47H55F2N7O7S. The number of sulfonamides is 1. The van der Waals surface area contributed by atoms with Gasteiger partial charge in [0.05, 0.1) is 27.2 Å². The number of piperazine rings is 1. The third-order valence-corrected chi connectivity index (χ3v) is 16.9. The van der Waals surface area contributed by atoms with Crippen molar-refractivity contribution in [3.8, 4) is 11.5 Å². The van der Waals surface area contributed by atoms with Gasteiger partial charge in [-0.05, 0) is 125 Å². The number of allylic oxidation sites excluding steroid dienone is 1. The summed E-state index contributed by atoms with van der Waals surface area (Å²) in [5.74, 6) is -0.664. The number of nitrogens with one attached hydrogen (secondary N) is 3. The minimum absolute atomic E-state index is 0.0692. The van der Waals surface area contributed by atoms with Gasteiger partial charge in [-0.15, -0.1) is 0 Å². The molecule has 3 atom stereocenters. The molecule has 1 aliphatic heterocycles. The lowest BCUT2D eigenvalue weighted by atomic mass is 9.58. The molecule has 0 radical (unpaired) electrons. The number of aliphatic hydroxyl groups is 1. The number of H-pyrrole nitrogens is 1. The van der Waals surface area contributed by atoms with Crippen molar-refractivity contribution in [2.45, 2.75) is 94.5 Å². The minimum Gasteiger partial charge on any atom is -0.455 e. The van der Waals surface area contributed by atoms with Crippen LogP contribution in [0.25, 0.3) is 11.0 Å². The SMILES string of the molecule is CC1(O)CCC(CNc2ccc(S(=O)(=O)NC(=O)c3ccc(N4CCN(CC5=C(C67CC6C7C(F)F)CC6(CCC6)CC5)CC4)cc3Oc3cnc4[nH]ccc4c3)cc2[N+](=O)[O-])CC1. The monoisotopic (exact) mass is 899 g/mol. The van der Waals surface area contributed by atoms with E-state index in [9.17, 15) is 37.2 Å². The highest BCUT2D eigenvalue weighted by Gasteiger charge is 2.83. The fourth-order valence-corrected chi connectivity index (χ4v) is 12.3. The van der Waals surface area contributed by atoms with Crippen LogP contribution in [-0.2, 0) is 10.0 Å². The number of ether oxygens (including phenoxy) is 1. The molecule has 4 N–H and O–H groups in total. The highest BCUT2D eigenvalue weighted by atomic mass is 32.2. The first kappa shape index (κ1) is 42.8. The molecule has 17 heteroatoms. The Morgan fingerprint density at radius 2 is 1.84 bits per heavy atom. The van der Waals surface area contributed by atoms with Gasteiger partial charge >= 0.3 is 0 Å². The zero-order chi connectivity index (χ0) is 44.6. The van der Waals surface area contributed by atoms with Crippen LogP contribution in [0, 0.1) is 38.7 Å². The van der Waals surface area contributed by atoms with Gasteiger partial charge in [0.25, 0.3) is 21.6 Å². The van der Waals surface area contributed by atoms with Gasteiger partial charge in [-0.2, -0.15) is 0 Å². The van der Waals surface area contributed by atoms with Crippen LogP contribution in [0.2, 0.25) is 0 Å². The molecule has 6 aliphatic rings. The molecule has 3 unspecified atom stereocenters. The van der Waals surface area contributed by atoms with Crippen LogP contribution >= 0.6 is 0 Å². The van der Waals surface area contributed by atoms with E-state index in [1.807, 2.05) is 6.07 Å². The number of carbonyl (C=O) groups is 1. The topological polar surface area (TPSA) is 183 Å². The molecule has 1 amide bonds. The second-order valence-corrected chi connectivity index (χ2v) is 21.3. The number of halogens is 2. The number of nitrogens with zero attached hydrogens (tertiary/aromatic N) is 4. The Labute approximate surface area is 371 Å². The summed E-state index contributed by atoms with van der Waals surface area (Å²) < 4.78 is 63.8. The summed E-state index contributed by atoms with van der Waals surface area (Å²) in [6, 6.07) is 12.0. The van der Waals surface area contributed by atoms with Crippen molar-refractivity contribution in [3.63, 3.8) is 0 Å². The standard InChI is InChI=1S/C47H55F2N7O7S/c1-45(58)13-7-29(8-14-45)26-51-38-6-4-34(23-39(38)56(59)60)64(61,62)53-44(57)35-5-3-32(22-40(35)63-33-21-30-10-16-50-43(30)52-27-33)55-19-17-54(18-20-55)28-31-9-15-46(11-2-12-46)24-36(31)47-25-37(47)41(47)42(48)49/h3-6,10,16,21-23,27,29,37,41-42,51,58H,2,7-9,11-15,17-20,24-26,28H2,1H3,(H,50,52)(H,53,57). The van der Waals surface area contributed by atoms with Crippen molar-refractivity contribution in [1.29, 1.82) is 0 Å². The van der Waals surface area contributed by atoms with Crippen LogP contribution in [0.4, 0.5) is 25.8 Å². The Hall–Kier alpha value is -5.13. The fraction of sp³-hybridized carbons (Fsp3) is 0.532. The number of rotatable bonds is 14. The molecule has 3 heterocycles. The number of carbonyl (C=O) groups excluding carboxylic acids is 1. The first-order chi connectivity index (χ1) is 30.6. The molecule has 1 spiro atoms. The summed E-state index contributed by atoms with van der Waals surface area (Å²) in [4.78, 5) is 37.0. The van der Waals surface area contributed by atoms with Crippen LogP contribution in [0.1, 0.15) is 87.9 Å². The Morgan fingerprint density at radius 1 is 1.06 bits per heavy atom. The molecule has 2 aromatic carbocycles. The van der Waals surface area contributed by atoms with Gasteiger partial charge in [-0.3, -0.25) is 19.8 Å². The highest BCUT2D eigenvalue weighted by Crippen LogP contribution is 2.86. The first-order valence-corrected chi connectivity index (χ1v) is 24.1. The Balaban J connectivity index is 0.850. The number of anilines is 2. The van der Waals surface area contributed by atoms with Gasteiger partial charge in [0.2, 0.25) is 6.43 Å². The van der Waals surface area contributed by atoms with Crippen molar-refractivity contribution in [2.75, 3.05) is 49.5 Å². The van der Waals surface area contributed by atoms with Crippen molar-refractivity contribution in [1.82, 2.24) is 19.6 Å². The summed E-state index contributed by atoms with van der Waals surface area (Å²) >= 11 is 0. The summed E-state index contributed by atoms with van der Waals surface area (Å²) in [5, 5.41) is 26.3. The largest absolute Gasteiger partial charge is 0.455 e. The van der Waals surface area contributed by atoms with E-state index in [1.54, 1.807) is 31.3 Å². The van der Waals surface area contributed by atoms with E-state index in [0.29, 0.717) is 49.3 Å². The molecule has 340 valence electrons. The summed E-state index contributed by atoms with van der Waals surface area (Å²) in [6.07, 6.45) is 11.5. The molecule has 4 aromatic rings. The Bertz CT molecular complexity index is 2630. The van der Waals surface area contributed by atoms with Crippen molar-refractivity contribution >= 4 is 44.0 Å². The first-order valence-electron chi connectivity index (χ1n) is 22.7. The number of nitro benzene ring substituents is 1. The number of amides is 1. The predicted octanol–water partition coefficient (Wildman–Crippen LogP) is 8.41. The average molecular weight is 900 g/mol. The third-order valence-electron chi connectivity index (χ3n) is 15.6. The molecule has 1 saturated heterocycles. The fourth-order valence-electron chi connectivity index (χ4n) is 11.3. The molecule has 14 nitrogen and oxygen atoms in total. The van der Waals surface area contributed by atoms with Gasteiger partial charge < -0.3 is 25.0 Å².